The first-order valence-corrected chi connectivity index (χ1v) is 5.57. The molecule has 0 bridgehead atoms. The van der Waals surface area contributed by atoms with Crippen molar-refractivity contribution in [2.45, 2.75) is 40.3 Å². The quantitative estimate of drug-likeness (QED) is 0.821. The molecule has 0 aliphatic heterocycles. The van der Waals surface area contributed by atoms with Crippen molar-refractivity contribution in [2.24, 2.45) is 17.9 Å². The van der Waals surface area contributed by atoms with Crippen LogP contribution in [0.2, 0.25) is 0 Å². The van der Waals surface area contributed by atoms with Crippen LogP contribution < -0.4 is 5.32 Å². The molecule has 1 aliphatic rings. The molecule has 1 aromatic rings. The Kier molecular flexibility index (Phi) is 2.19. The summed E-state index contributed by atoms with van der Waals surface area (Å²) in [6, 6.07) is 0.599. The molecule has 1 saturated carbocycles. The van der Waals surface area contributed by atoms with Crippen molar-refractivity contribution in [3.8, 4) is 0 Å². The van der Waals surface area contributed by atoms with Gasteiger partial charge in [0.15, 0.2) is 0 Å². The van der Waals surface area contributed by atoms with Gasteiger partial charge >= 0.3 is 0 Å². The molecular formula is C12H21N3. The summed E-state index contributed by atoms with van der Waals surface area (Å²) in [5.74, 6) is 1.11. The molecule has 84 valence electrons. The topological polar surface area (TPSA) is 29.9 Å². The van der Waals surface area contributed by atoms with Gasteiger partial charge in [-0.25, -0.2) is 4.98 Å². The van der Waals surface area contributed by atoms with Crippen LogP contribution in [0.4, 0.5) is 0 Å². The molecule has 0 atom stereocenters. The van der Waals surface area contributed by atoms with E-state index in [1.165, 1.54) is 0 Å². The van der Waals surface area contributed by atoms with Crippen molar-refractivity contribution < 1.29 is 0 Å². The summed E-state index contributed by atoms with van der Waals surface area (Å²) in [5.41, 5.74) is 0.802. The smallest absolute Gasteiger partial charge is 0.122 e. The molecule has 3 heteroatoms. The van der Waals surface area contributed by atoms with Gasteiger partial charge in [-0.3, -0.25) is 0 Å². The van der Waals surface area contributed by atoms with Gasteiger partial charge in [0.2, 0.25) is 0 Å². The third-order valence-corrected chi connectivity index (χ3v) is 4.41. The summed E-state index contributed by atoms with van der Waals surface area (Å²) in [4.78, 5) is 4.31. The van der Waals surface area contributed by atoms with E-state index in [2.05, 4.69) is 42.6 Å². The molecular weight excluding hydrogens is 186 g/mol. The van der Waals surface area contributed by atoms with Gasteiger partial charge in [0, 0.05) is 25.5 Å². The van der Waals surface area contributed by atoms with E-state index in [1.807, 2.05) is 19.4 Å². The number of nitrogens with zero attached hydrogens (tertiary/aromatic N) is 2. The van der Waals surface area contributed by atoms with Crippen LogP contribution >= 0.6 is 0 Å². The highest BCUT2D eigenvalue weighted by atomic mass is 15.1. The molecule has 1 heterocycles. The first-order chi connectivity index (χ1) is 6.87. The van der Waals surface area contributed by atoms with E-state index < -0.39 is 0 Å². The molecule has 0 radical (unpaired) electrons. The molecule has 0 amide bonds. The first-order valence-electron chi connectivity index (χ1n) is 5.57. The summed E-state index contributed by atoms with van der Waals surface area (Å²) < 4.78 is 2.06. The number of hydrogen-bond acceptors (Lipinski definition) is 2. The number of aryl methyl sites for hydroxylation is 1. The van der Waals surface area contributed by atoms with Crippen molar-refractivity contribution in [1.29, 1.82) is 0 Å². The fraction of sp³-hybridized carbons (Fsp3) is 0.750. The van der Waals surface area contributed by atoms with Crippen LogP contribution in [0.5, 0.6) is 0 Å². The number of aromatic nitrogens is 2. The monoisotopic (exact) mass is 207 g/mol. The molecule has 2 rings (SSSR count). The molecule has 3 nitrogen and oxygen atoms in total. The normalized spacial score (nSPS) is 23.0. The molecule has 0 unspecified atom stereocenters. The van der Waals surface area contributed by atoms with Crippen LogP contribution in [0.15, 0.2) is 12.4 Å². The Morgan fingerprint density at radius 3 is 2.33 bits per heavy atom. The third kappa shape index (κ3) is 1.49. The van der Waals surface area contributed by atoms with Crippen molar-refractivity contribution in [2.75, 3.05) is 0 Å². The zero-order chi connectivity index (χ0) is 11.3. The maximum Gasteiger partial charge on any atom is 0.122 e. The maximum atomic E-state index is 4.31. The molecule has 1 N–H and O–H groups in total. The predicted octanol–water partition coefficient (Wildman–Crippen LogP) is 1.94. The zero-order valence-electron chi connectivity index (χ0n) is 10.3. The van der Waals surface area contributed by atoms with E-state index in [-0.39, 0.29) is 0 Å². The van der Waals surface area contributed by atoms with Crippen molar-refractivity contribution in [1.82, 2.24) is 14.9 Å². The minimum Gasteiger partial charge on any atom is -0.337 e. The highest BCUT2D eigenvalue weighted by Crippen LogP contribution is 2.62. The van der Waals surface area contributed by atoms with Crippen LogP contribution in [0.3, 0.4) is 0 Å². The Balaban J connectivity index is 1.94. The fourth-order valence-electron chi connectivity index (χ4n) is 2.47. The average Bonchev–Trinajstić information content (AvgIpc) is 2.49. The van der Waals surface area contributed by atoms with Crippen molar-refractivity contribution in [3.05, 3.63) is 18.2 Å². The van der Waals surface area contributed by atoms with Gasteiger partial charge in [0.05, 0.1) is 6.54 Å². The second-order valence-corrected chi connectivity index (χ2v) is 5.71. The van der Waals surface area contributed by atoms with Gasteiger partial charge in [0.1, 0.15) is 5.82 Å². The van der Waals surface area contributed by atoms with E-state index >= 15 is 0 Å². The second-order valence-electron chi connectivity index (χ2n) is 5.71. The van der Waals surface area contributed by atoms with Gasteiger partial charge in [-0.05, 0) is 10.8 Å². The lowest BCUT2D eigenvalue weighted by atomic mass is 10.0. The highest BCUT2D eigenvalue weighted by Gasteiger charge is 2.64. The molecule has 1 fully saturated rings. The van der Waals surface area contributed by atoms with Crippen LogP contribution in [0.25, 0.3) is 0 Å². The average molecular weight is 207 g/mol. The summed E-state index contributed by atoms with van der Waals surface area (Å²) in [5, 5.41) is 3.60. The van der Waals surface area contributed by atoms with Gasteiger partial charge in [-0.15, -0.1) is 0 Å². The van der Waals surface area contributed by atoms with Gasteiger partial charge in [-0.2, -0.15) is 0 Å². The van der Waals surface area contributed by atoms with Crippen LogP contribution in [-0.2, 0) is 13.6 Å². The minimum absolute atomic E-state index is 0.401. The van der Waals surface area contributed by atoms with Gasteiger partial charge in [0.25, 0.3) is 0 Å². The fourth-order valence-corrected chi connectivity index (χ4v) is 2.47. The van der Waals surface area contributed by atoms with E-state index in [4.69, 9.17) is 0 Å². The van der Waals surface area contributed by atoms with E-state index in [1.54, 1.807) is 0 Å². The lowest BCUT2D eigenvalue weighted by molar-refractivity contribution is 0.457. The third-order valence-electron chi connectivity index (χ3n) is 4.41. The van der Waals surface area contributed by atoms with Crippen LogP contribution in [0.1, 0.15) is 33.5 Å². The summed E-state index contributed by atoms with van der Waals surface area (Å²) >= 11 is 0. The maximum absolute atomic E-state index is 4.31. The Labute approximate surface area is 91.9 Å². The molecule has 0 aromatic carbocycles. The number of imidazole rings is 1. The number of nitrogens with one attached hydrogen (secondary N) is 1. The molecule has 1 aromatic heterocycles. The van der Waals surface area contributed by atoms with Crippen molar-refractivity contribution in [3.63, 3.8) is 0 Å². The van der Waals surface area contributed by atoms with Gasteiger partial charge in [-0.1, -0.05) is 27.7 Å². The van der Waals surface area contributed by atoms with Crippen molar-refractivity contribution >= 4 is 0 Å². The lowest BCUT2D eigenvalue weighted by Gasteiger charge is -2.06. The Morgan fingerprint density at radius 1 is 1.33 bits per heavy atom. The summed E-state index contributed by atoms with van der Waals surface area (Å²) in [6.45, 7) is 10.2. The SMILES string of the molecule is Cn1ccnc1CNC1C(C)(C)C1(C)C. The van der Waals surface area contributed by atoms with E-state index in [0.29, 0.717) is 16.9 Å². The molecule has 15 heavy (non-hydrogen) atoms. The molecule has 0 spiro atoms. The Morgan fingerprint density at radius 2 is 1.93 bits per heavy atom. The minimum atomic E-state index is 0.401. The lowest BCUT2D eigenvalue weighted by Crippen LogP contribution is -2.23. The summed E-state index contributed by atoms with van der Waals surface area (Å²) in [7, 11) is 2.03. The standard InChI is InChI=1S/C12H21N3/c1-11(2)10(12(11,3)4)14-8-9-13-6-7-15(9)5/h6-7,10,14H,8H2,1-5H3. The second kappa shape index (κ2) is 3.08. The Hall–Kier alpha value is -0.830. The van der Waals surface area contributed by atoms with E-state index in [0.717, 1.165) is 12.4 Å². The van der Waals surface area contributed by atoms with E-state index in [9.17, 15) is 0 Å². The molecule has 0 saturated heterocycles. The predicted molar refractivity (Wildman–Crippen MR) is 61.4 cm³/mol. The first kappa shape index (κ1) is 10.7. The largest absolute Gasteiger partial charge is 0.337 e. The van der Waals surface area contributed by atoms with Crippen LogP contribution in [0, 0.1) is 10.8 Å². The Bertz CT molecular complexity index is 349. The van der Waals surface area contributed by atoms with Gasteiger partial charge < -0.3 is 9.88 Å². The number of hydrogen-bond donors (Lipinski definition) is 1. The zero-order valence-corrected chi connectivity index (χ0v) is 10.3. The van der Waals surface area contributed by atoms with Crippen LogP contribution in [-0.4, -0.2) is 15.6 Å². The molecule has 1 aliphatic carbocycles. The highest BCUT2D eigenvalue weighted by molar-refractivity contribution is 5.18. The summed E-state index contributed by atoms with van der Waals surface area (Å²) in [6.07, 6.45) is 3.83. The number of rotatable bonds is 3.